The summed E-state index contributed by atoms with van der Waals surface area (Å²) >= 11 is 3.27. The van der Waals surface area contributed by atoms with Crippen molar-refractivity contribution in [1.29, 1.82) is 0 Å². The number of hydrogen-bond donors (Lipinski definition) is 2. The predicted octanol–water partition coefficient (Wildman–Crippen LogP) is 1.73. The summed E-state index contributed by atoms with van der Waals surface area (Å²) in [6.45, 7) is 0.683. The van der Waals surface area contributed by atoms with Crippen LogP contribution in [0.3, 0.4) is 0 Å². The molecular weight excluding hydrogens is 260 g/mol. The molecule has 0 amide bonds. The quantitative estimate of drug-likeness (QED) is 0.821. The van der Waals surface area contributed by atoms with Crippen LogP contribution < -0.4 is 10.2 Å². The van der Waals surface area contributed by atoms with E-state index < -0.39 is 0 Å². The smallest absolute Gasteiger partial charge is 0.172 e. The summed E-state index contributed by atoms with van der Waals surface area (Å²) in [5.41, 5.74) is 4.17. The first-order chi connectivity index (χ1) is 7.04. The third-order valence-corrected chi connectivity index (χ3v) is 2.51. The molecule has 15 heavy (non-hydrogen) atoms. The molecule has 0 aliphatic heterocycles. The van der Waals surface area contributed by atoms with Gasteiger partial charge in [0.15, 0.2) is 11.5 Å². The SMILES string of the molecule is COc1cc(CNN(C)C)cc(Br)c1O. The molecule has 0 atom stereocenters. The number of halogens is 1. The summed E-state index contributed by atoms with van der Waals surface area (Å²) in [5, 5.41) is 11.5. The Morgan fingerprint density at radius 3 is 2.67 bits per heavy atom. The highest BCUT2D eigenvalue weighted by Crippen LogP contribution is 2.35. The third-order valence-electron chi connectivity index (χ3n) is 1.91. The Labute approximate surface area is 97.9 Å². The zero-order valence-electron chi connectivity index (χ0n) is 9.04. The van der Waals surface area contributed by atoms with Crippen LogP contribution in [-0.2, 0) is 6.54 Å². The molecule has 84 valence electrons. The highest BCUT2D eigenvalue weighted by atomic mass is 79.9. The van der Waals surface area contributed by atoms with E-state index in [1.807, 2.05) is 25.2 Å². The molecule has 0 fully saturated rings. The topological polar surface area (TPSA) is 44.7 Å². The summed E-state index contributed by atoms with van der Waals surface area (Å²) in [7, 11) is 5.38. The number of phenolic OH excluding ortho intramolecular Hbond substituents is 1. The lowest BCUT2D eigenvalue weighted by Gasteiger charge is -2.13. The third kappa shape index (κ3) is 3.37. The second-order valence-electron chi connectivity index (χ2n) is 3.36. The second kappa shape index (κ2) is 5.34. The standard InChI is InChI=1S/C10H15BrN2O2/c1-13(2)12-6-7-4-8(11)10(14)9(5-7)15-3/h4-5,12,14H,6H2,1-3H3. The Balaban J connectivity index is 2.86. The van der Waals surface area contributed by atoms with Gasteiger partial charge in [-0.1, -0.05) is 0 Å². The molecule has 1 aromatic carbocycles. The molecule has 1 rings (SSSR count). The minimum atomic E-state index is 0.131. The van der Waals surface area contributed by atoms with E-state index >= 15 is 0 Å². The second-order valence-corrected chi connectivity index (χ2v) is 4.21. The zero-order chi connectivity index (χ0) is 11.4. The number of methoxy groups -OCH3 is 1. The number of nitrogens with one attached hydrogen (secondary N) is 1. The zero-order valence-corrected chi connectivity index (χ0v) is 10.6. The number of hydrazine groups is 1. The molecule has 0 spiro atoms. The van der Waals surface area contributed by atoms with Gasteiger partial charge in [0.1, 0.15) is 0 Å². The molecule has 2 N–H and O–H groups in total. The number of aromatic hydroxyl groups is 1. The van der Waals surface area contributed by atoms with Gasteiger partial charge in [-0.05, 0) is 33.6 Å². The fraction of sp³-hybridized carbons (Fsp3) is 0.400. The predicted molar refractivity (Wildman–Crippen MR) is 62.9 cm³/mol. The average Bonchev–Trinajstić information content (AvgIpc) is 2.19. The molecule has 0 aliphatic carbocycles. The van der Waals surface area contributed by atoms with Gasteiger partial charge in [-0.15, -0.1) is 0 Å². The van der Waals surface area contributed by atoms with E-state index in [2.05, 4.69) is 21.4 Å². The van der Waals surface area contributed by atoms with E-state index in [9.17, 15) is 5.11 Å². The minimum Gasteiger partial charge on any atom is -0.503 e. The van der Waals surface area contributed by atoms with Gasteiger partial charge in [0.25, 0.3) is 0 Å². The van der Waals surface area contributed by atoms with Crippen LogP contribution in [0.2, 0.25) is 0 Å². The van der Waals surface area contributed by atoms with Crippen molar-refractivity contribution in [2.45, 2.75) is 6.54 Å². The van der Waals surface area contributed by atoms with Crippen molar-refractivity contribution in [1.82, 2.24) is 10.4 Å². The lowest BCUT2D eigenvalue weighted by molar-refractivity contribution is 0.285. The Hall–Kier alpha value is -0.780. The Morgan fingerprint density at radius 1 is 1.47 bits per heavy atom. The summed E-state index contributed by atoms with van der Waals surface area (Å²) in [6.07, 6.45) is 0. The molecule has 0 unspecified atom stereocenters. The summed E-state index contributed by atoms with van der Waals surface area (Å²) in [6, 6.07) is 3.66. The molecular formula is C10H15BrN2O2. The van der Waals surface area contributed by atoms with Gasteiger partial charge >= 0.3 is 0 Å². The number of ether oxygens (including phenoxy) is 1. The first-order valence-corrected chi connectivity index (χ1v) is 5.30. The van der Waals surface area contributed by atoms with Gasteiger partial charge in [-0.2, -0.15) is 0 Å². The highest BCUT2D eigenvalue weighted by Gasteiger charge is 2.08. The summed E-state index contributed by atoms with van der Waals surface area (Å²) in [5.74, 6) is 0.603. The van der Waals surface area contributed by atoms with Crippen molar-refractivity contribution >= 4 is 15.9 Å². The van der Waals surface area contributed by atoms with Crippen LogP contribution in [0.15, 0.2) is 16.6 Å². The monoisotopic (exact) mass is 274 g/mol. The van der Waals surface area contributed by atoms with Gasteiger partial charge in [0.05, 0.1) is 11.6 Å². The molecule has 0 aromatic heterocycles. The van der Waals surface area contributed by atoms with Crippen molar-refractivity contribution in [3.63, 3.8) is 0 Å². The van der Waals surface area contributed by atoms with Gasteiger partial charge < -0.3 is 9.84 Å². The van der Waals surface area contributed by atoms with Gasteiger partial charge in [-0.25, -0.2) is 0 Å². The maximum atomic E-state index is 9.60. The first kappa shape index (κ1) is 12.3. The van der Waals surface area contributed by atoms with Crippen LogP contribution in [0.4, 0.5) is 0 Å². The largest absolute Gasteiger partial charge is 0.503 e. The number of phenols is 1. The molecule has 0 radical (unpaired) electrons. The fourth-order valence-corrected chi connectivity index (χ4v) is 1.62. The normalized spacial score (nSPS) is 10.7. The minimum absolute atomic E-state index is 0.131. The molecule has 0 aliphatic rings. The lowest BCUT2D eigenvalue weighted by atomic mass is 10.2. The van der Waals surface area contributed by atoms with Crippen molar-refractivity contribution in [3.05, 3.63) is 22.2 Å². The van der Waals surface area contributed by atoms with Crippen molar-refractivity contribution in [2.75, 3.05) is 21.2 Å². The molecule has 0 heterocycles. The molecule has 0 saturated heterocycles. The number of rotatable bonds is 4. The van der Waals surface area contributed by atoms with Crippen molar-refractivity contribution in [2.24, 2.45) is 0 Å². The fourth-order valence-electron chi connectivity index (χ4n) is 1.13. The molecule has 0 bridgehead atoms. The Bertz CT molecular complexity index is 342. The Morgan fingerprint density at radius 2 is 2.13 bits per heavy atom. The van der Waals surface area contributed by atoms with E-state index in [1.165, 1.54) is 7.11 Å². The number of benzene rings is 1. The van der Waals surface area contributed by atoms with Crippen molar-refractivity contribution in [3.8, 4) is 11.5 Å². The first-order valence-electron chi connectivity index (χ1n) is 4.50. The van der Waals surface area contributed by atoms with Gasteiger partial charge in [0, 0.05) is 20.6 Å². The van der Waals surface area contributed by atoms with Crippen LogP contribution >= 0.6 is 15.9 Å². The van der Waals surface area contributed by atoms with Crippen LogP contribution in [-0.4, -0.2) is 31.3 Å². The maximum absolute atomic E-state index is 9.60. The van der Waals surface area contributed by atoms with E-state index in [0.29, 0.717) is 16.8 Å². The summed E-state index contributed by atoms with van der Waals surface area (Å²) in [4.78, 5) is 0. The van der Waals surface area contributed by atoms with Crippen LogP contribution in [0.25, 0.3) is 0 Å². The maximum Gasteiger partial charge on any atom is 0.172 e. The van der Waals surface area contributed by atoms with E-state index in [4.69, 9.17) is 4.74 Å². The molecule has 5 heteroatoms. The lowest BCUT2D eigenvalue weighted by Crippen LogP contribution is -2.29. The summed E-state index contributed by atoms with van der Waals surface area (Å²) < 4.78 is 5.69. The van der Waals surface area contributed by atoms with Crippen LogP contribution in [0.5, 0.6) is 11.5 Å². The number of hydrogen-bond acceptors (Lipinski definition) is 4. The van der Waals surface area contributed by atoms with E-state index in [1.54, 1.807) is 6.07 Å². The van der Waals surface area contributed by atoms with E-state index in [-0.39, 0.29) is 5.75 Å². The van der Waals surface area contributed by atoms with Crippen LogP contribution in [0, 0.1) is 0 Å². The van der Waals surface area contributed by atoms with E-state index in [0.717, 1.165) is 5.56 Å². The average molecular weight is 275 g/mol. The molecule has 1 aromatic rings. The molecule has 0 saturated carbocycles. The Kier molecular flexibility index (Phi) is 4.38. The highest BCUT2D eigenvalue weighted by molar-refractivity contribution is 9.10. The molecule has 4 nitrogen and oxygen atoms in total. The van der Waals surface area contributed by atoms with Gasteiger partial charge in [0.2, 0.25) is 0 Å². The number of nitrogens with zero attached hydrogens (tertiary/aromatic N) is 1. The van der Waals surface area contributed by atoms with Gasteiger partial charge in [-0.3, -0.25) is 10.4 Å². The van der Waals surface area contributed by atoms with Crippen LogP contribution in [0.1, 0.15) is 5.56 Å². The van der Waals surface area contributed by atoms with Crippen molar-refractivity contribution < 1.29 is 9.84 Å².